The Morgan fingerprint density at radius 2 is 1.97 bits per heavy atom. The van der Waals surface area contributed by atoms with Crippen molar-refractivity contribution in [1.29, 1.82) is 0 Å². The van der Waals surface area contributed by atoms with E-state index in [4.69, 9.17) is 23.2 Å². The Morgan fingerprint density at radius 1 is 1.29 bits per heavy atom. The maximum Gasteiger partial charge on any atom is 0.356 e. The van der Waals surface area contributed by atoms with Crippen molar-refractivity contribution >= 4 is 50.8 Å². The van der Waals surface area contributed by atoms with E-state index in [2.05, 4.69) is 26.2 Å². The van der Waals surface area contributed by atoms with Crippen LogP contribution in [-0.4, -0.2) is 25.2 Å². The number of carbonyl (C=O) groups is 1. The van der Waals surface area contributed by atoms with Crippen LogP contribution in [0.5, 0.6) is 0 Å². The average molecular weight is 532 g/mol. The predicted octanol–water partition coefficient (Wildman–Crippen LogP) is 5.27. The number of anilines is 1. The van der Waals surface area contributed by atoms with Crippen LogP contribution in [0.15, 0.2) is 40.0 Å². The van der Waals surface area contributed by atoms with Crippen LogP contribution in [0.4, 0.5) is 10.1 Å². The molecule has 0 spiro atoms. The molecule has 1 aromatic carbocycles. The minimum Gasteiger partial charge on any atom is -0.476 e. The lowest BCUT2D eigenvalue weighted by Gasteiger charge is -2.25. The normalized spacial score (nSPS) is 12.3. The lowest BCUT2D eigenvalue weighted by Crippen LogP contribution is -2.26. The highest BCUT2D eigenvalue weighted by molar-refractivity contribution is 9.10. The number of aromatic carboxylic acids is 1. The first-order valence-corrected chi connectivity index (χ1v) is 10.6. The molecule has 1 atom stereocenters. The molecule has 0 saturated heterocycles. The van der Waals surface area contributed by atoms with Gasteiger partial charge in [0.15, 0.2) is 10.4 Å². The van der Waals surface area contributed by atoms with Crippen LogP contribution in [0.2, 0.25) is 10.0 Å². The number of rotatable bonds is 6. The van der Waals surface area contributed by atoms with Crippen molar-refractivity contribution in [2.24, 2.45) is 7.05 Å². The summed E-state index contributed by atoms with van der Waals surface area (Å²) in [4.78, 5) is 28.8. The van der Waals surface area contributed by atoms with Crippen LogP contribution in [0.25, 0.3) is 0 Å². The summed E-state index contributed by atoms with van der Waals surface area (Å²) in [5.41, 5.74) is 0.0563. The molecule has 11 heteroatoms. The van der Waals surface area contributed by atoms with Gasteiger partial charge < -0.3 is 19.6 Å². The number of aromatic nitrogens is 3. The summed E-state index contributed by atoms with van der Waals surface area (Å²) in [5.74, 6) is -1.95. The number of hydrogen-bond acceptors (Lipinski definition) is 4. The van der Waals surface area contributed by atoms with Crippen molar-refractivity contribution in [3.05, 3.63) is 78.4 Å². The molecule has 3 rings (SSSR count). The molecule has 0 aliphatic carbocycles. The fourth-order valence-electron chi connectivity index (χ4n) is 3.27. The quantitative estimate of drug-likeness (QED) is 0.452. The van der Waals surface area contributed by atoms with E-state index in [1.165, 1.54) is 36.0 Å². The van der Waals surface area contributed by atoms with Crippen LogP contribution >= 0.6 is 39.1 Å². The van der Waals surface area contributed by atoms with Crippen molar-refractivity contribution in [2.45, 2.75) is 25.9 Å². The van der Waals surface area contributed by atoms with E-state index in [0.717, 1.165) is 0 Å². The Kier molecular flexibility index (Phi) is 6.78. The molecule has 2 heterocycles. The number of hydrogen-bond donors (Lipinski definition) is 2. The monoisotopic (exact) mass is 530 g/mol. The van der Waals surface area contributed by atoms with Crippen LogP contribution in [0.1, 0.15) is 47.7 Å². The number of halogens is 4. The molecular weight excluding hydrogens is 514 g/mol. The van der Waals surface area contributed by atoms with Gasteiger partial charge in [-0.15, -0.1) is 0 Å². The number of imidazole rings is 1. The van der Waals surface area contributed by atoms with E-state index in [1.807, 2.05) is 13.8 Å². The maximum absolute atomic E-state index is 14.3. The number of pyridine rings is 1. The van der Waals surface area contributed by atoms with E-state index in [1.54, 1.807) is 10.6 Å². The number of carboxylic acid groups (broad SMARTS) is 1. The molecule has 31 heavy (non-hydrogen) atoms. The molecule has 2 aromatic heterocycles. The zero-order chi connectivity index (χ0) is 23.0. The average Bonchev–Trinajstić information content (AvgIpc) is 3.03. The Balaban J connectivity index is 2.32. The van der Waals surface area contributed by atoms with Gasteiger partial charge in [0.25, 0.3) is 5.56 Å². The van der Waals surface area contributed by atoms with Gasteiger partial charge in [-0.05, 0) is 53.5 Å². The van der Waals surface area contributed by atoms with E-state index in [-0.39, 0.29) is 32.9 Å². The summed E-state index contributed by atoms with van der Waals surface area (Å²) in [6.07, 6.45) is 1.45. The van der Waals surface area contributed by atoms with E-state index in [9.17, 15) is 19.1 Å². The van der Waals surface area contributed by atoms with Gasteiger partial charge in [-0.3, -0.25) is 4.79 Å². The fourth-order valence-corrected chi connectivity index (χ4v) is 4.42. The van der Waals surface area contributed by atoms with Crippen molar-refractivity contribution in [3.63, 3.8) is 0 Å². The first kappa shape index (κ1) is 23.3. The molecule has 0 saturated carbocycles. The molecular formula is C20H18BrCl2FN4O3. The van der Waals surface area contributed by atoms with E-state index < -0.39 is 23.4 Å². The second-order valence-electron chi connectivity index (χ2n) is 7.12. The highest BCUT2D eigenvalue weighted by atomic mass is 79.9. The van der Waals surface area contributed by atoms with Crippen molar-refractivity contribution in [3.8, 4) is 0 Å². The van der Waals surface area contributed by atoms with Gasteiger partial charge in [-0.25, -0.2) is 14.2 Å². The zero-order valence-corrected chi connectivity index (χ0v) is 19.8. The van der Waals surface area contributed by atoms with Crippen LogP contribution in [-0.2, 0) is 7.05 Å². The van der Waals surface area contributed by atoms with Crippen LogP contribution < -0.4 is 10.9 Å². The Labute approximate surface area is 195 Å². The van der Waals surface area contributed by atoms with Gasteiger partial charge >= 0.3 is 5.97 Å². The highest BCUT2D eigenvalue weighted by Crippen LogP contribution is 2.34. The lowest BCUT2D eigenvalue weighted by molar-refractivity contribution is 0.0689. The van der Waals surface area contributed by atoms with Crippen LogP contribution in [0, 0.1) is 5.82 Å². The van der Waals surface area contributed by atoms with Crippen LogP contribution in [0.3, 0.4) is 0 Å². The van der Waals surface area contributed by atoms with E-state index in [0.29, 0.717) is 10.6 Å². The lowest BCUT2D eigenvalue weighted by atomic mass is 10.0. The molecule has 1 unspecified atom stereocenters. The molecule has 0 amide bonds. The predicted molar refractivity (Wildman–Crippen MR) is 121 cm³/mol. The third kappa shape index (κ3) is 4.63. The molecule has 0 fully saturated rings. The van der Waals surface area contributed by atoms with E-state index >= 15 is 0 Å². The molecule has 0 aliphatic rings. The third-order valence-electron chi connectivity index (χ3n) is 4.62. The zero-order valence-electron chi connectivity index (χ0n) is 16.7. The SMILES string of the molecule is CC(C)n1c(Br)nc(C(=O)O)c1C(Nc1cc(Cl)cn(C)c1=O)c1ccc(Cl)c(F)c1. The Hall–Kier alpha value is -2.36. The number of nitrogens with zero attached hydrogens (tertiary/aromatic N) is 3. The van der Waals surface area contributed by atoms with Crippen molar-refractivity contribution in [1.82, 2.24) is 14.1 Å². The fraction of sp³-hybridized carbons (Fsp3) is 0.250. The standard InChI is InChI=1S/C20H18BrCl2FN4O3/c1-9(2)28-17(16(19(30)31)26-20(28)21)15(10-4-5-12(23)13(24)6-10)25-14-7-11(22)8-27(3)18(14)29/h4-9,15,25H,1-3H3,(H,30,31). The largest absolute Gasteiger partial charge is 0.476 e. The van der Waals surface area contributed by atoms with Gasteiger partial charge in [-0.1, -0.05) is 29.3 Å². The first-order chi connectivity index (χ1) is 14.5. The summed E-state index contributed by atoms with van der Waals surface area (Å²) in [5, 5.41) is 13.0. The van der Waals surface area contributed by atoms with Crippen molar-refractivity contribution < 1.29 is 14.3 Å². The summed E-state index contributed by atoms with van der Waals surface area (Å²) >= 11 is 15.3. The molecule has 0 bridgehead atoms. The molecule has 2 N–H and O–H groups in total. The Morgan fingerprint density at radius 3 is 2.55 bits per heavy atom. The smallest absolute Gasteiger partial charge is 0.356 e. The second kappa shape index (κ2) is 9.02. The molecule has 164 valence electrons. The van der Waals surface area contributed by atoms with Gasteiger partial charge in [0.1, 0.15) is 11.5 Å². The van der Waals surface area contributed by atoms with Gasteiger partial charge in [0, 0.05) is 19.3 Å². The summed E-state index contributed by atoms with van der Waals surface area (Å²) in [6.45, 7) is 3.69. The number of nitrogens with one attached hydrogen (secondary N) is 1. The third-order valence-corrected chi connectivity index (χ3v) is 5.70. The molecule has 0 aliphatic heterocycles. The number of benzene rings is 1. The molecule has 7 nitrogen and oxygen atoms in total. The Bertz CT molecular complexity index is 1230. The minimum atomic E-state index is -1.27. The van der Waals surface area contributed by atoms with Gasteiger partial charge in [0.05, 0.1) is 21.8 Å². The second-order valence-corrected chi connectivity index (χ2v) is 8.68. The van der Waals surface area contributed by atoms with Gasteiger partial charge in [0.2, 0.25) is 0 Å². The summed E-state index contributed by atoms with van der Waals surface area (Å²) < 4.78 is 17.6. The maximum atomic E-state index is 14.3. The minimum absolute atomic E-state index is 0.0850. The number of carboxylic acids is 1. The highest BCUT2D eigenvalue weighted by Gasteiger charge is 2.31. The summed E-state index contributed by atoms with van der Waals surface area (Å²) in [7, 11) is 1.54. The first-order valence-electron chi connectivity index (χ1n) is 9.09. The molecule has 0 radical (unpaired) electrons. The topological polar surface area (TPSA) is 89.2 Å². The van der Waals surface area contributed by atoms with Gasteiger partial charge in [-0.2, -0.15) is 0 Å². The summed E-state index contributed by atoms with van der Waals surface area (Å²) in [6, 6.07) is 4.37. The molecule has 3 aromatic rings. The number of aryl methyl sites for hydroxylation is 1. The van der Waals surface area contributed by atoms with Crippen molar-refractivity contribution in [2.75, 3.05) is 5.32 Å².